The summed E-state index contributed by atoms with van der Waals surface area (Å²) >= 11 is 1.48. The van der Waals surface area contributed by atoms with Crippen LogP contribution in [0.1, 0.15) is 39.4 Å². The number of nitrogens with one attached hydrogen (secondary N) is 1. The van der Waals surface area contributed by atoms with Crippen molar-refractivity contribution in [1.82, 2.24) is 5.32 Å². The molecule has 0 bridgehead atoms. The Balaban J connectivity index is 2.00. The number of ether oxygens (including phenoxy) is 1. The second-order valence-corrected chi connectivity index (χ2v) is 6.45. The topological polar surface area (TPSA) is 75.6 Å². The van der Waals surface area contributed by atoms with Crippen LogP contribution in [-0.4, -0.2) is 36.2 Å². The normalized spacial score (nSPS) is 15.5. The van der Waals surface area contributed by atoms with Gasteiger partial charge in [-0.2, -0.15) is 0 Å². The smallest absolute Gasteiger partial charge is 0.328 e. The first-order valence-electron chi connectivity index (χ1n) is 7.45. The molecule has 0 aromatic carbocycles. The van der Waals surface area contributed by atoms with Crippen molar-refractivity contribution in [2.75, 3.05) is 13.2 Å². The van der Waals surface area contributed by atoms with E-state index in [1.165, 1.54) is 34.3 Å². The van der Waals surface area contributed by atoms with Gasteiger partial charge in [0.1, 0.15) is 0 Å². The lowest BCUT2D eigenvalue weighted by Crippen LogP contribution is -2.43. The Labute approximate surface area is 134 Å². The van der Waals surface area contributed by atoms with Gasteiger partial charge in [0.15, 0.2) is 6.04 Å². The molecule has 1 unspecified atom stereocenters. The summed E-state index contributed by atoms with van der Waals surface area (Å²) in [7, 11) is 0. The second kappa shape index (κ2) is 8.10. The van der Waals surface area contributed by atoms with Crippen LogP contribution in [0.4, 0.5) is 0 Å². The first-order chi connectivity index (χ1) is 10.6. The van der Waals surface area contributed by atoms with Crippen LogP contribution in [0.5, 0.6) is 0 Å². The number of carbonyl (C=O) groups is 2. The Bertz CT molecular complexity index is 529. The SMILES string of the molecule is C=CCOCC(NC(=O)c1cc2c(s1)CCCCC2)C(=O)O. The number of thiophene rings is 1. The molecule has 0 saturated carbocycles. The van der Waals surface area contributed by atoms with Crippen molar-refractivity contribution in [2.45, 2.75) is 38.1 Å². The van der Waals surface area contributed by atoms with Crippen molar-refractivity contribution < 1.29 is 19.4 Å². The van der Waals surface area contributed by atoms with Crippen LogP contribution >= 0.6 is 11.3 Å². The van der Waals surface area contributed by atoms with E-state index >= 15 is 0 Å². The molecule has 5 nitrogen and oxygen atoms in total. The Morgan fingerprint density at radius 3 is 2.91 bits per heavy atom. The van der Waals surface area contributed by atoms with E-state index in [9.17, 15) is 9.59 Å². The van der Waals surface area contributed by atoms with E-state index in [0.717, 1.165) is 25.7 Å². The number of hydrogen-bond donors (Lipinski definition) is 2. The molecule has 0 spiro atoms. The lowest BCUT2D eigenvalue weighted by atomic mass is 10.1. The summed E-state index contributed by atoms with van der Waals surface area (Å²) in [4.78, 5) is 25.3. The number of fused-ring (bicyclic) bond motifs is 1. The summed E-state index contributed by atoms with van der Waals surface area (Å²) in [5, 5.41) is 11.7. The molecule has 0 saturated heterocycles. The van der Waals surface area contributed by atoms with E-state index in [1.807, 2.05) is 6.07 Å². The largest absolute Gasteiger partial charge is 0.480 e. The van der Waals surface area contributed by atoms with Gasteiger partial charge >= 0.3 is 5.97 Å². The fraction of sp³-hybridized carbons (Fsp3) is 0.500. The number of aryl methyl sites for hydroxylation is 2. The van der Waals surface area contributed by atoms with Gasteiger partial charge in [-0.3, -0.25) is 4.79 Å². The zero-order chi connectivity index (χ0) is 15.9. The summed E-state index contributed by atoms with van der Waals surface area (Å²) < 4.78 is 5.13. The van der Waals surface area contributed by atoms with Crippen LogP contribution in [0.2, 0.25) is 0 Å². The molecule has 120 valence electrons. The highest BCUT2D eigenvalue weighted by molar-refractivity contribution is 7.14. The predicted octanol–water partition coefficient (Wildman–Crippen LogP) is 2.40. The van der Waals surface area contributed by atoms with Gasteiger partial charge in [-0.1, -0.05) is 12.5 Å². The van der Waals surface area contributed by atoms with Gasteiger partial charge in [0.25, 0.3) is 5.91 Å². The van der Waals surface area contributed by atoms with Crippen molar-refractivity contribution in [3.63, 3.8) is 0 Å². The maximum absolute atomic E-state index is 12.3. The van der Waals surface area contributed by atoms with E-state index < -0.39 is 12.0 Å². The number of amides is 1. The molecule has 2 N–H and O–H groups in total. The van der Waals surface area contributed by atoms with Gasteiger partial charge in [0.05, 0.1) is 18.1 Å². The zero-order valence-corrected chi connectivity index (χ0v) is 13.3. The molecular formula is C16H21NO4S. The molecule has 0 aliphatic heterocycles. The van der Waals surface area contributed by atoms with E-state index in [2.05, 4.69) is 11.9 Å². The van der Waals surface area contributed by atoms with Crippen LogP contribution in [0.3, 0.4) is 0 Å². The van der Waals surface area contributed by atoms with E-state index in [1.54, 1.807) is 0 Å². The average Bonchev–Trinajstić information content (AvgIpc) is 2.77. The van der Waals surface area contributed by atoms with Gasteiger partial charge < -0.3 is 15.2 Å². The lowest BCUT2D eigenvalue weighted by molar-refractivity contribution is -0.140. The van der Waals surface area contributed by atoms with E-state index in [0.29, 0.717) is 4.88 Å². The average molecular weight is 323 g/mol. The molecule has 1 aromatic heterocycles. The summed E-state index contributed by atoms with van der Waals surface area (Å²) in [6.07, 6.45) is 7.09. The third-order valence-electron chi connectivity index (χ3n) is 3.59. The van der Waals surface area contributed by atoms with E-state index in [4.69, 9.17) is 9.84 Å². The molecule has 0 fully saturated rings. The molecule has 1 aliphatic rings. The van der Waals surface area contributed by atoms with Crippen LogP contribution in [0.15, 0.2) is 18.7 Å². The highest BCUT2D eigenvalue weighted by Gasteiger charge is 2.23. The lowest BCUT2D eigenvalue weighted by Gasteiger charge is -2.13. The van der Waals surface area contributed by atoms with Gasteiger partial charge in [-0.15, -0.1) is 17.9 Å². The molecular weight excluding hydrogens is 302 g/mol. The van der Waals surface area contributed by atoms with Crippen LogP contribution < -0.4 is 5.32 Å². The van der Waals surface area contributed by atoms with Crippen LogP contribution in [-0.2, 0) is 22.4 Å². The number of rotatable bonds is 7. The number of carbonyl (C=O) groups excluding carboxylic acids is 1. The van der Waals surface area contributed by atoms with Gasteiger partial charge in [0.2, 0.25) is 0 Å². The van der Waals surface area contributed by atoms with Crippen LogP contribution in [0, 0.1) is 0 Å². The minimum atomic E-state index is -1.10. The number of carboxylic acids is 1. The third kappa shape index (κ3) is 4.42. The monoisotopic (exact) mass is 323 g/mol. The first kappa shape index (κ1) is 16.7. The summed E-state index contributed by atoms with van der Waals surface area (Å²) in [6, 6.07) is 0.860. The molecule has 1 amide bonds. The fourth-order valence-corrected chi connectivity index (χ4v) is 3.61. The minimum Gasteiger partial charge on any atom is -0.480 e. The third-order valence-corrected chi connectivity index (χ3v) is 4.83. The molecule has 6 heteroatoms. The molecule has 22 heavy (non-hydrogen) atoms. The van der Waals surface area contributed by atoms with Gasteiger partial charge in [0, 0.05) is 4.88 Å². The molecule has 1 heterocycles. The van der Waals surface area contributed by atoms with Crippen molar-refractivity contribution >= 4 is 23.2 Å². The standard InChI is InChI=1S/C16H21NO4S/c1-2-8-21-10-12(16(19)20)17-15(18)14-9-11-6-4-3-5-7-13(11)22-14/h2,9,12H,1,3-8,10H2,(H,17,18)(H,19,20). The molecule has 0 radical (unpaired) electrons. The zero-order valence-electron chi connectivity index (χ0n) is 12.5. The molecule has 2 rings (SSSR count). The quantitative estimate of drug-likeness (QED) is 0.459. The Kier molecular flexibility index (Phi) is 6.15. The Morgan fingerprint density at radius 1 is 1.41 bits per heavy atom. The molecule has 1 atom stereocenters. The highest BCUT2D eigenvalue weighted by Crippen LogP contribution is 2.28. The summed E-state index contributed by atoms with van der Waals surface area (Å²) in [5.41, 5.74) is 1.24. The number of carboxylic acid groups (broad SMARTS) is 1. The molecule has 1 aliphatic carbocycles. The Hall–Kier alpha value is -1.66. The summed E-state index contributed by atoms with van der Waals surface area (Å²) in [5.74, 6) is -1.44. The first-order valence-corrected chi connectivity index (χ1v) is 8.27. The maximum Gasteiger partial charge on any atom is 0.328 e. The second-order valence-electron chi connectivity index (χ2n) is 5.31. The van der Waals surface area contributed by atoms with E-state index in [-0.39, 0.29) is 19.1 Å². The van der Waals surface area contributed by atoms with Crippen molar-refractivity contribution in [3.05, 3.63) is 34.0 Å². The van der Waals surface area contributed by atoms with Gasteiger partial charge in [-0.05, 0) is 37.3 Å². The van der Waals surface area contributed by atoms with Crippen LogP contribution in [0.25, 0.3) is 0 Å². The number of hydrogen-bond acceptors (Lipinski definition) is 4. The maximum atomic E-state index is 12.3. The van der Waals surface area contributed by atoms with Crippen molar-refractivity contribution in [2.24, 2.45) is 0 Å². The van der Waals surface area contributed by atoms with Crippen molar-refractivity contribution in [1.29, 1.82) is 0 Å². The van der Waals surface area contributed by atoms with Crippen molar-refractivity contribution in [3.8, 4) is 0 Å². The summed E-state index contributed by atoms with van der Waals surface area (Å²) in [6.45, 7) is 3.68. The fourth-order valence-electron chi connectivity index (χ4n) is 2.45. The predicted molar refractivity (Wildman–Crippen MR) is 85.5 cm³/mol. The Morgan fingerprint density at radius 2 is 2.18 bits per heavy atom. The minimum absolute atomic E-state index is 0.0712. The number of aliphatic carboxylic acids is 1. The molecule has 1 aromatic rings. The highest BCUT2D eigenvalue weighted by atomic mass is 32.1. The van der Waals surface area contributed by atoms with Gasteiger partial charge in [-0.25, -0.2) is 4.79 Å².